The number of rotatable bonds is 1. The van der Waals surface area contributed by atoms with E-state index in [-0.39, 0.29) is 5.56 Å². The Morgan fingerprint density at radius 1 is 1.13 bits per heavy atom. The van der Waals surface area contributed by atoms with Crippen molar-refractivity contribution in [2.75, 3.05) is 0 Å². The molecule has 1 aromatic carbocycles. The Bertz CT molecular complexity index is 531. The van der Waals surface area contributed by atoms with Crippen molar-refractivity contribution in [2.45, 2.75) is 0 Å². The Morgan fingerprint density at radius 3 is 2.47 bits per heavy atom. The van der Waals surface area contributed by atoms with Gasteiger partial charge < -0.3 is 4.57 Å². The molecule has 0 aliphatic carbocycles. The fourth-order valence-electron chi connectivity index (χ4n) is 1.44. The number of halogens is 1. The number of nitrogens with zero attached hydrogens (tertiary/aromatic N) is 1. The molecular weight excluding hydrogens is 254 g/mol. The average Bonchev–Trinajstić information content (AvgIpc) is 2.27. The SMILES string of the molecule is Cn1ccc(-c2ccccc2)c(Br)c1=O. The summed E-state index contributed by atoms with van der Waals surface area (Å²) in [6.07, 6.45) is 1.77. The molecule has 0 spiro atoms. The van der Waals surface area contributed by atoms with Crippen LogP contribution in [0.2, 0.25) is 0 Å². The minimum atomic E-state index is -0.0173. The number of pyridine rings is 1. The van der Waals surface area contributed by atoms with E-state index in [0.29, 0.717) is 4.47 Å². The minimum Gasteiger partial charge on any atom is -0.318 e. The standard InChI is InChI=1S/C12H10BrNO/c1-14-8-7-10(11(13)12(14)15)9-5-3-2-4-6-9/h2-8H,1H3. The lowest BCUT2D eigenvalue weighted by Gasteiger charge is -2.05. The van der Waals surface area contributed by atoms with Crippen LogP contribution in [0.15, 0.2) is 51.9 Å². The molecule has 0 saturated heterocycles. The molecule has 0 N–H and O–H groups in total. The summed E-state index contributed by atoms with van der Waals surface area (Å²) in [4.78, 5) is 11.7. The lowest BCUT2D eigenvalue weighted by molar-refractivity contribution is 0.855. The molecular formula is C12H10BrNO. The summed E-state index contributed by atoms with van der Waals surface area (Å²) in [5.74, 6) is 0. The smallest absolute Gasteiger partial charge is 0.265 e. The molecule has 1 heterocycles. The summed E-state index contributed by atoms with van der Waals surface area (Å²) >= 11 is 3.33. The molecule has 0 saturated carbocycles. The Kier molecular flexibility index (Phi) is 2.73. The van der Waals surface area contributed by atoms with Crippen molar-refractivity contribution < 1.29 is 0 Å². The summed E-state index contributed by atoms with van der Waals surface area (Å²) in [5.41, 5.74) is 1.96. The van der Waals surface area contributed by atoms with Crippen molar-refractivity contribution in [2.24, 2.45) is 7.05 Å². The van der Waals surface area contributed by atoms with Crippen LogP contribution in [-0.4, -0.2) is 4.57 Å². The van der Waals surface area contributed by atoms with E-state index in [4.69, 9.17) is 0 Å². The van der Waals surface area contributed by atoms with Crippen LogP contribution in [0, 0.1) is 0 Å². The third-order valence-corrected chi connectivity index (χ3v) is 3.06. The molecule has 76 valence electrons. The van der Waals surface area contributed by atoms with E-state index in [1.54, 1.807) is 17.8 Å². The van der Waals surface area contributed by atoms with Crippen molar-refractivity contribution in [1.29, 1.82) is 0 Å². The molecule has 2 aromatic rings. The molecule has 0 amide bonds. The van der Waals surface area contributed by atoms with Gasteiger partial charge in [0, 0.05) is 18.8 Å². The first-order chi connectivity index (χ1) is 7.20. The molecule has 0 aliphatic rings. The maximum absolute atomic E-state index is 11.7. The first-order valence-electron chi connectivity index (χ1n) is 4.60. The highest BCUT2D eigenvalue weighted by molar-refractivity contribution is 9.10. The van der Waals surface area contributed by atoms with Crippen LogP contribution in [0.3, 0.4) is 0 Å². The van der Waals surface area contributed by atoms with E-state index in [9.17, 15) is 4.79 Å². The molecule has 0 atom stereocenters. The van der Waals surface area contributed by atoms with Crippen molar-refractivity contribution in [3.05, 3.63) is 57.4 Å². The van der Waals surface area contributed by atoms with Crippen molar-refractivity contribution in [3.8, 4) is 11.1 Å². The number of aromatic nitrogens is 1. The molecule has 1 aromatic heterocycles. The number of hydrogen-bond acceptors (Lipinski definition) is 1. The summed E-state index contributed by atoms with van der Waals surface area (Å²) in [6.45, 7) is 0. The van der Waals surface area contributed by atoms with Gasteiger partial charge in [-0.1, -0.05) is 30.3 Å². The molecule has 0 fully saturated rings. The molecule has 0 aliphatic heterocycles. The van der Waals surface area contributed by atoms with Crippen LogP contribution in [0.25, 0.3) is 11.1 Å². The quantitative estimate of drug-likeness (QED) is 0.776. The summed E-state index contributed by atoms with van der Waals surface area (Å²) in [5, 5.41) is 0. The minimum absolute atomic E-state index is 0.0173. The number of benzene rings is 1. The van der Waals surface area contributed by atoms with E-state index in [1.165, 1.54) is 0 Å². The van der Waals surface area contributed by atoms with Crippen molar-refractivity contribution in [3.63, 3.8) is 0 Å². The monoisotopic (exact) mass is 263 g/mol. The Hall–Kier alpha value is -1.35. The fourth-order valence-corrected chi connectivity index (χ4v) is 2.08. The van der Waals surface area contributed by atoms with Gasteiger partial charge >= 0.3 is 0 Å². The molecule has 3 heteroatoms. The Morgan fingerprint density at radius 2 is 1.80 bits per heavy atom. The second-order valence-corrected chi connectivity index (χ2v) is 4.12. The summed E-state index contributed by atoms with van der Waals surface area (Å²) < 4.78 is 2.16. The first kappa shape index (κ1) is 10.2. The molecule has 0 unspecified atom stereocenters. The second-order valence-electron chi connectivity index (χ2n) is 3.33. The van der Waals surface area contributed by atoms with Crippen LogP contribution >= 0.6 is 15.9 Å². The van der Waals surface area contributed by atoms with Crippen LogP contribution in [-0.2, 0) is 7.05 Å². The third-order valence-electron chi connectivity index (χ3n) is 2.29. The second kappa shape index (κ2) is 4.03. The van der Waals surface area contributed by atoms with Gasteiger partial charge in [-0.3, -0.25) is 4.79 Å². The Labute approximate surface area is 96.3 Å². The topological polar surface area (TPSA) is 22.0 Å². The average molecular weight is 264 g/mol. The fraction of sp³-hybridized carbons (Fsp3) is 0.0833. The van der Waals surface area contributed by atoms with Crippen LogP contribution in [0.1, 0.15) is 0 Å². The third kappa shape index (κ3) is 1.88. The predicted octanol–water partition coefficient (Wildman–Crippen LogP) is 2.81. The van der Waals surface area contributed by atoms with Crippen LogP contribution < -0.4 is 5.56 Å². The van der Waals surface area contributed by atoms with E-state index >= 15 is 0 Å². The van der Waals surface area contributed by atoms with Gasteiger partial charge in [0.15, 0.2) is 0 Å². The van der Waals surface area contributed by atoms with Crippen molar-refractivity contribution in [1.82, 2.24) is 4.57 Å². The first-order valence-corrected chi connectivity index (χ1v) is 5.40. The number of aryl methyl sites for hydroxylation is 1. The summed E-state index contributed by atoms with van der Waals surface area (Å²) in [7, 11) is 1.74. The number of hydrogen-bond donors (Lipinski definition) is 0. The molecule has 0 bridgehead atoms. The van der Waals surface area contributed by atoms with E-state index in [0.717, 1.165) is 11.1 Å². The van der Waals surface area contributed by atoms with Gasteiger partial charge in [0.1, 0.15) is 0 Å². The van der Waals surface area contributed by atoms with E-state index in [1.807, 2.05) is 36.4 Å². The maximum atomic E-state index is 11.7. The normalized spacial score (nSPS) is 10.3. The van der Waals surface area contributed by atoms with Crippen LogP contribution in [0.4, 0.5) is 0 Å². The highest BCUT2D eigenvalue weighted by atomic mass is 79.9. The van der Waals surface area contributed by atoms with Crippen molar-refractivity contribution >= 4 is 15.9 Å². The van der Waals surface area contributed by atoms with Gasteiger partial charge in [-0.15, -0.1) is 0 Å². The van der Waals surface area contributed by atoms with Gasteiger partial charge in [-0.05, 0) is 27.6 Å². The predicted molar refractivity (Wildman–Crippen MR) is 64.8 cm³/mol. The van der Waals surface area contributed by atoms with Gasteiger partial charge in [-0.25, -0.2) is 0 Å². The van der Waals surface area contributed by atoms with E-state index in [2.05, 4.69) is 15.9 Å². The largest absolute Gasteiger partial charge is 0.318 e. The zero-order valence-corrected chi connectivity index (χ0v) is 9.86. The van der Waals surface area contributed by atoms with Gasteiger partial charge in [0.25, 0.3) is 5.56 Å². The highest BCUT2D eigenvalue weighted by Gasteiger charge is 2.06. The molecule has 2 rings (SSSR count). The van der Waals surface area contributed by atoms with Gasteiger partial charge in [-0.2, -0.15) is 0 Å². The molecule has 15 heavy (non-hydrogen) atoms. The zero-order chi connectivity index (χ0) is 10.8. The Balaban J connectivity index is 2.66. The lowest BCUT2D eigenvalue weighted by Crippen LogP contribution is -2.16. The van der Waals surface area contributed by atoms with Crippen LogP contribution in [0.5, 0.6) is 0 Å². The molecule has 0 radical (unpaired) electrons. The van der Waals surface area contributed by atoms with Gasteiger partial charge in [0.2, 0.25) is 0 Å². The summed E-state index contributed by atoms with van der Waals surface area (Å²) in [6, 6.07) is 11.8. The highest BCUT2D eigenvalue weighted by Crippen LogP contribution is 2.24. The van der Waals surface area contributed by atoms with E-state index < -0.39 is 0 Å². The molecule has 2 nitrogen and oxygen atoms in total. The lowest BCUT2D eigenvalue weighted by atomic mass is 10.1. The van der Waals surface area contributed by atoms with Gasteiger partial charge in [0.05, 0.1) is 4.47 Å². The zero-order valence-electron chi connectivity index (χ0n) is 8.27. The maximum Gasteiger partial charge on any atom is 0.265 e.